The van der Waals surface area contributed by atoms with Gasteiger partial charge in [0.2, 0.25) is 0 Å². The maximum atomic E-state index is 11.6. The van der Waals surface area contributed by atoms with Gasteiger partial charge in [-0.25, -0.2) is 9.52 Å². The number of hydrogen-bond donors (Lipinski definition) is 2. The first kappa shape index (κ1) is 15.7. The number of carbonyl (C=O) groups excluding carboxylic acids is 1. The molecular weight excluding hydrogens is 252 g/mol. The maximum absolute atomic E-state index is 11.6. The van der Waals surface area contributed by atoms with Crippen molar-refractivity contribution in [1.82, 2.24) is 9.03 Å². The molecule has 0 aliphatic carbocycles. The Balaban J connectivity index is 4.70. The number of carboxylic acids is 1. The monoisotopic (exact) mass is 268 g/mol. The molecule has 0 aliphatic heterocycles. The summed E-state index contributed by atoms with van der Waals surface area (Å²) in [5.74, 6) is -1.30. The van der Waals surface area contributed by atoms with E-state index in [0.717, 1.165) is 0 Å². The van der Waals surface area contributed by atoms with Gasteiger partial charge in [0.25, 0.3) is 0 Å². The highest BCUT2D eigenvalue weighted by Crippen LogP contribution is 2.00. The van der Waals surface area contributed by atoms with E-state index in [0.29, 0.717) is 10.7 Å². The molecule has 2 N–H and O–H groups in total. The van der Waals surface area contributed by atoms with Gasteiger partial charge >= 0.3 is 22.3 Å². The summed E-state index contributed by atoms with van der Waals surface area (Å²) >= 11 is 0. The first-order chi connectivity index (χ1) is 7.83. The molecule has 0 saturated heterocycles. The normalized spacial score (nSPS) is 11.2. The lowest BCUT2D eigenvalue weighted by Gasteiger charge is -2.19. The molecule has 0 unspecified atom stereocenters. The summed E-state index contributed by atoms with van der Waals surface area (Å²) in [6.07, 6.45) is -0.698. The molecule has 0 bridgehead atoms. The molecule has 0 atom stereocenters. The number of aliphatic carboxylic acids is 1. The topological polar surface area (TPSA) is 113 Å². The molecule has 0 aromatic heterocycles. The minimum atomic E-state index is -4.17. The molecule has 17 heavy (non-hydrogen) atoms. The fourth-order valence-electron chi connectivity index (χ4n) is 1.01. The van der Waals surface area contributed by atoms with Crippen molar-refractivity contribution in [1.29, 1.82) is 0 Å². The van der Waals surface area contributed by atoms with E-state index in [-0.39, 0.29) is 13.2 Å². The molecule has 0 heterocycles. The van der Waals surface area contributed by atoms with Gasteiger partial charge in [0.05, 0.1) is 6.61 Å². The minimum Gasteiger partial charge on any atom is -0.480 e. The Labute approximate surface area is 99.7 Å². The van der Waals surface area contributed by atoms with Gasteiger partial charge in [0.15, 0.2) is 0 Å². The number of hydrogen-bond acceptors (Lipinski definition) is 5. The molecule has 0 aromatic carbocycles. The van der Waals surface area contributed by atoms with Gasteiger partial charge in [-0.2, -0.15) is 12.7 Å². The Morgan fingerprint density at radius 2 is 1.94 bits per heavy atom. The molecule has 0 aromatic rings. The highest BCUT2D eigenvalue weighted by atomic mass is 32.2. The van der Waals surface area contributed by atoms with Gasteiger partial charge in [-0.3, -0.25) is 4.79 Å². The standard InChI is InChI=1S/C8H16N2O6S/c1-3-5-10(6-7(11)12)17(14,15)9-8(13)16-4-2/h3-6H2,1-2H3,(H,9,13)(H,11,12). The average Bonchev–Trinajstić information content (AvgIpc) is 2.15. The Morgan fingerprint density at radius 1 is 1.35 bits per heavy atom. The van der Waals surface area contributed by atoms with E-state index in [2.05, 4.69) is 4.74 Å². The van der Waals surface area contributed by atoms with Gasteiger partial charge in [0, 0.05) is 6.54 Å². The predicted octanol–water partition coefficient (Wildman–Crippen LogP) is -0.226. The van der Waals surface area contributed by atoms with Crippen molar-refractivity contribution in [2.45, 2.75) is 20.3 Å². The van der Waals surface area contributed by atoms with Crippen LogP contribution in [0.1, 0.15) is 20.3 Å². The molecular formula is C8H16N2O6S. The van der Waals surface area contributed by atoms with Crippen molar-refractivity contribution in [2.24, 2.45) is 0 Å². The second-order valence-corrected chi connectivity index (χ2v) is 4.73. The van der Waals surface area contributed by atoms with Crippen LogP contribution in [-0.4, -0.2) is 49.6 Å². The van der Waals surface area contributed by atoms with Crippen molar-refractivity contribution in [2.75, 3.05) is 19.7 Å². The number of nitrogens with one attached hydrogen (secondary N) is 1. The van der Waals surface area contributed by atoms with Crippen LogP contribution >= 0.6 is 0 Å². The molecule has 1 amide bonds. The molecule has 0 saturated carbocycles. The van der Waals surface area contributed by atoms with Crippen molar-refractivity contribution in [3.8, 4) is 0 Å². The van der Waals surface area contributed by atoms with E-state index in [4.69, 9.17) is 5.11 Å². The smallest absolute Gasteiger partial charge is 0.421 e. The van der Waals surface area contributed by atoms with E-state index in [1.165, 1.54) is 6.92 Å². The van der Waals surface area contributed by atoms with Crippen molar-refractivity contribution in [3.05, 3.63) is 0 Å². The van der Waals surface area contributed by atoms with Gasteiger partial charge in [-0.15, -0.1) is 0 Å². The molecule has 0 fully saturated rings. The van der Waals surface area contributed by atoms with Crippen LogP contribution in [-0.2, 0) is 19.7 Å². The van der Waals surface area contributed by atoms with Crippen LogP contribution in [0.3, 0.4) is 0 Å². The Morgan fingerprint density at radius 3 is 2.35 bits per heavy atom. The molecule has 0 rings (SSSR count). The maximum Gasteiger partial charge on any atom is 0.421 e. The summed E-state index contributed by atoms with van der Waals surface area (Å²) in [5.41, 5.74) is 0. The van der Waals surface area contributed by atoms with Crippen molar-refractivity contribution < 1.29 is 27.9 Å². The van der Waals surface area contributed by atoms with Crippen LogP contribution in [0, 0.1) is 0 Å². The zero-order valence-corrected chi connectivity index (χ0v) is 10.5. The molecule has 0 aliphatic rings. The SMILES string of the molecule is CCCN(CC(=O)O)S(=O)(=O)NC(=O)OCC. The predicted molar refractivity (Wildman–Crippen MR) is 58.6 cm³/mol. The number of rotatable bonds is 7. The highest BCUT2D eigenvalue weighted by molar-refractivity contribution is 7.87. The molecule has 0 radical (unpaired) electrons. The van der Waals surface area contributed by atoms with E-state index < -0.39 is 28.8 Å². The fourth-order valence-corrected chi connectivity index (χ4v) is 2.12. The molecule has 8 nitrogen and oxygen atoms in total. The highest BCUT2D eigenvalue weighted by Gasteiger charge is 2.25. The van der Waals surface area contributed by atoms with Gasteiger partial charge < -0.3 is 9.84 Å². The van der Waals surface area contributed by atoms with E-state index in [1.54, 1.807) is 11.6 Å². The van der Waals surface area contributed by atoms with Gasteiger partial charge in [-0.05, 0) is 13.3 Å². The average molecular weight is 268 g/mol. The summed E-state index contributed by atoms with van der Waals surface area (Å²) < 4.78 is 29.9. The Bertz CT molecular complexity index is 366. The minimum absolute atomic E-state index is 0.00103. The first-order valence-electron chi connectivity index (χ1n) is 4.99. The van der Waals surface area contributed by atoms with Crippen molar-refractivity contribution in [3.63, 3.8) is 0 Å². The molecule has 100 valence electrons. The second-order valence-electron chi connectivity index (χ2n) is 3.05. The zero-order chi connectivity index (χ0) is 13.5. The quantitative estimate of drug-likeness (QED) is 0.659. The number of ether oxygens (including phenoxy) is 1. The third-order valence-corrected chi connectivity index (χ3v) is 3.03. The Hall–Kier alpha value is -1.35. The summed E-state index contributed by atoms with van der Waals surface area (Å²) in [4.78, 5) is 21.5. The summed E-state index contributed by atoms with van der Waals surface area (Å²) in [6, 6.07) is 0. The fraction of sp³-hybridized carbons (Fsp3) is 0.750. The lowest BCUT2D eigenvalue weighted by Crippen LogP contribution is -2.46. The van der Waals surface area contributed by atoms with E-state index in [9.17, 15) is 18.0 Å². The van der Waals surface area contributed by atoms with Crippen LogP contribution in [0.5, 0.6) is 0 Å². The lowest BCUT2D eigenvalue weighted by atomic mass is 10.5. The molecule has 9 heteroatoms. The zero-order valence-electron chi connectivity index (χ0n) is 9.67. The third-order valence-electron chi connectivity index (χ3n) is 1.61. The van der Waals surface area contributed by atoms with Gasteiger partial charge in [0.1, 0.15) is 6.54 Å². The summed E-state index contributed by atoms with van der Waals surface area (Å²) in [7, 11) is -4.17. The second kappa shape index (κ2) is 7.07. The lowest BCUT2D eigenvalue weighted by molar-refractivity contribution is -0.137. The number of carbonyl (C=O) groups is 2. The number of nitrogens with zero attached hydrogens (tertiary/aromatic N) is 1. The van der Waals surface area contributed by atoms with Crippen molar-refractivity contribution >= 4 is 22.3 Å². The first-order valence-corrected chi connectivity index (χ1v) is 6.43. The number of amides is 1. The summed E-state index contributed by atoms with van der Waals surface area (Å²) in [6.45, 7) is 2.53. The third kappa shape index (κ3) is 6.07. The summed E-state index contributed by atoms with van der Waals surface area (Å²) in [5, 5.41) is 8.56. The van der Waals surface area contributed by atoms with Crippen LogP contribution in [0.4, 0.5) is 4.79 Å². The Kier molecular flexibility index (Phi) is 6.51. The van der Waals surface area contributed by atoms with Gasteiger partial charge in [-0.1, -0.05) is 6.92 Å². The van der Waals surface area contributed by atoms with E-state index in [1.807, 2.05) is 0 Å². The van der Waals surface area contributed by atoms with E-state index >= 15 is 0 Å². The number of carboxylic acid groups (broad SMARTS) is 1. The van der Waals surface area contributed by atoms with Crippen LogP contribution in [0.2, 0.25) is 0 Å². The molecule has 0 spiro atoms. The van der Waals surface area contributed by atoms with Crippen LogP contribution < -0.4 is 4.72 Å². The van der Waals surface area contributed by atoms with Crippen LogP contribution in [0.15, 0.2) is 0 Å². The van der Waals surface area contributed by atoms with Crippen LogP contribution in [0.25, 0.3) is 0 Å². The largest absolute Gasteiger partial charge is 0.480 e.